The van der Waals surface area contributed by atoms with Gasteiger partial charge in [0.15, 0.2) is 0 Å². The monoisotopic (exact) mass is 351 g/mol. The van der Waals surface area contributed by atoms with E-state index in [-0.39, 0.29) is 16.1 Å². The third-order valence-electron chi connectivity index (χ3n) is 2.68. The van der Waals surface area contributed by atoms with Crippen LogP contribution in [0.4, 0.5) is 10.1 Å². The number of hydrogen-bond donors (Lipinski definition) is 1. The SMILES string of the molecule is CC(C)Oc1ccc(NC(=O)c2cccc(Br)c2F)cc1. The molecule has 0 aliphatic heterocycles. The number of rotatable bonds is 4. The lowest BCUT2D eigenvalue weighted by Crippen LogP contribution is -2.14. The van der Waals surface area contributed by atoms with E-state index in [9.17, 15) is 9.18 Å². The van der Waals surface area contributed by atoms with Crippen molar-refractivity contribution in [2.24, 2.45) is 0 Å². The first-order chi connectivity index (χ1) is 9.97. The second-order valence-corrected chi connectivity index (χ2v) is 5.60. The van der Waals surface area contributed by atoms with E-state index in [2.05, 4.69) is 21.2 Å². The molecule has 21 heavy (non-hydrogen) atoms. The first-order valence-electron chi connectivity index (χ1n) is 6.49. The quantitative estimate of drug-likeness (QED) is 0.872. The zero-order valence-corrected chi connectivity index (χ0v) is 13.3. The summed E-state index contributed by atoms with van der Waals surface area (Å²) in [5, 5.41) is 2.65. The summed E-state index contributed by atoms with van der Waals surface area (Å²) in [5.41, 5.74) is 0.572. The van der Waals surface area contributed by atoms with Crippen LogP contribution in [-0.4, -0.2) is 12.0 Å². The van der Waals surface area contributed by atoms with Crippen LogP contribution in [0.1, 0.15) is 24.2 Å². The molecule has 0 atom stereocenters. The average Bonchev–Trinajstić information content (AvgIpc) is 2.43. The van der Waals surface area contributed by atoms with Gasteiger partial charge in [-0.25, -0.2) is 4.39 Å². The highest BCUT2D eigenvalue weighted by Crippen LogP contribution is 2.21. The third-order valence-corrected chi connectivity index (χ3v) is 3.29. The van der Waals surface area contributed by atoms with Gasteiger partial charge in [0.1, 0.15) is 11.6 Å². The zero-order valence-electron chi connectivity index (χ0n) is 11.7. The Hall–Kier alpha value is -1.88. The van der Waals surface area contributed by atoms with Crippen molar-refractivity contribution in [2.45, 2.75) is 20.0 Å². The molecule has 0 aliphatic rings. The fraction of sp³-hybridized carbons (Fsp3) is 0.188. The lowest BCUT2D eigenvalue weighted by molar-refractivity contribution is 0.102. The maximum Gasteiger partial charge on any atom is 0.258 e. The Bertz CT molecular complexity index is 641. The van der Waals surface area contributed by atoms with Gasteiger partial charge in [0.05, 0.1) is 16.1 Å². The van der Waals surface area contributed by atoms with Crippen LogP contribution >= 0.6 is 15.9 Å². The third kappa shape index (κ3) is 4.04. The van der Waals surface area contributed by atoms with Crippen LogP contribution in [0.5, 0.6) is 5.75 Å². The summed E-state index contributed by atoms with van der Waals surface area (Å²) in [6, 6.07) is 11.5. The molecule has 0 bridgehead atoms. The molecule has 1 amide bonds. The molecule has 0 aliphatic carbocycles. The van der Waals surface area contributed by atoms with E-state index in [0.717, 1.165) is 5.75 Å². The molecular formula is C16H15BrFNO2. The maximum atomic E-state index is 13.8. The predicted octanol–water partition coefficient (Wildman–Crippen LogP) is 4.63. The average molecular weight is 352 g/mol. The van der Waals surface area contributed by atoms with Crippen LogP contribution < -0.4 is 10.1 Å². The first-order valence-corrected chi connectivity index (χ1v) is 7.28. The van der Waals surface area contributed by atoms with E-state index in [1.54, 1.807) is 36.4 Å². The molecule has 0 saturated carbocycles. The van der Waals surface area contributed by atoms with Gasteiger partial charge in [0.25, 0.3) is 5.91 Å². The molecule has 0 unspecified atom stereocenters. The van der Waals surface area contributed by atoms with Crippen molar-refractivity contribution < 1.29 is 13.9 Å². The van der Waals surface area contributed by atoms with Gasteiger partial charge < -0.3 is 10.1 Å². The van der Waals surface area contributed by atoms with Gasteiger partial charge in [0.2, 0.25) is 0 Å². The normalized spacial score (nSPS) is 10.5. The second-order valence-electron chi connectivity index (χ2n) is 4.75. The van der Waals surface area contributed by atoms with E-state index in [0.29, 0.717) is 5.69 Å². The number of anilines is 1. The molecule has 5 heteroatoms. The first kappa shape index (κ1) is 15.5. The summed E-state index contributed by atoms with van der Waals surface area (Å²) in [6.45, 7) is 3.87. The van der Waals surface area contributed by atoms with E-state index >= 15 is 0 Å². The van der Waals surface area contributed by atoms with Crippen molar-refractivity contribution in [3.8, 4) is 5.75 Å². The van der Waals surface area contributed by atoms with Crippen LogP contribution in [0, 0.1) is 5.82 Å². The molecule has 2 rings (SSSR count). The minimum atomic E-state index is -0.574. The number of benzene rings is 2. The van der Waals surface area contributed by atoms with E-state index < -0.39 is 11.7 Å². The lowest BCUT2D eigenvalue weighted by Gasteiger charge is -2.11. The molecule has 110 valence electrons. The van der Waals surface area contributed by atoms with Crippen LogP contribution in [0.3, 0.4) is 0 Å². The van der Waals surface area contributed by atoms with Crippen LogP contribution in [0.2, 0.25) is 0 Å². The van der Waals surface area contributed by atoms with E-state index in [1.807, 2.05) is 13.8 Å². The Labute approximate surface area is 131 Å². The molecule has 1 N–H and O–H groups in total. The van der Waals surface area contributed by atoms with Gasteiger partial charge in [0, 0.05) is 5.69 Å². The number of carbonyl (C=O) groups excluding carboxylic acids is 1. The predicted molar refractivity (Wildman–Crippen MR) is 84.3 cm³/mol. The zero-order chi connectivity index (χ0) is 15.4. The second kappa shape index (κ2) is 6.72. The smallest absolute Gasteiger partial charge is 0.258 e. The Kier molecular flexibility index (Phi) is 4.96. The summed E-state index contributed by atoms with van der Waals surface area (Å²) in [5.74, 6) is -0.349. The lowest BCUT2D eigenvalue weighted by atomic mass is 10.2. The topological polar surface area (TPSA) is 38.3 Å². The van der Waals surface area contributed by atoms with E-state index in [1.165, 1.54) is 6.07 Å². The minimum Gasteiger partial charge on any atom is -0.491 e. The van der Waals surface area contributed by atoms with Gasteiger partial charge >= 0.3 is 0 Å². The standard InChI is InChI=1S/C16H15BrFNO2/c1-10(2)21-12-8-6-11(7-9-12)19-16(20)13-4-3-5-14(17)15(13)18/h3-10H,1-2H3,(H,19,20). The van der Waals surface area contributed by atoms with Gasteiger partial charge in [-0.05, 0) is 66.2 Å². The molecule has 0 fully saturated rings. The number of amides is 1. The van der Waals surface area contributed by atoms with Crippen molar-refractivity contribution in [2.75, 3.05) is 5.32 Å². The van der Waals surface area contributed by atoms with Crippen molar-refractivity contribution in [1.29, 1.82) is 0 Å². The molecule has 2 aromatic carbocycles. The van der Waals surface area contributed by atoms with Gasteiger partial charge in [-0.15, -0.1) is 0 Å². The molecule has 0 spiro atoms. The van der Waals surface area contributed by atoms with Gasteiger partial charge in [-0.1, -0.05) is 6.07 Å². The molecule has 3 nitrogen and oxygen atoms in total. The number of ether oxygens (including phenoxy) is 1. The fourth-order valence-electron chi connectivity index (χ4n) is 1.77. The summed E-state index contributed by atoms with van der Waals surface area (Å²) >= 11 is 3.06. The number of carbonyl (C=O) groups is 1. The summed E-state index contributed by atoms with van der Waals surface area (Å²) in [6.07, 6.45) is 0.0844. The Morgan fingerprint density at radius 3 is 2.48 bits per heavy atom. The largest absolute Gasteiger partial charge is 0.491 e. The number of nitrogens with one attached hydrogen (secondary N) is 1. The van der Waals surface area contributed by atoms with Gasteiger partial charge in [-0.3, -0.25) is 4.79 Å². The Balaban J connectivity index is 2.11. The molecule has 0 saturated heterocycles. The van der Waals surface area contributed by atoms with Gasteiger partial charge in [-0.2, -0.15) is 0 Å². The van der Waals surface area contributed by atoms with Crippen LogP contribution in [0.15, 0.2) is 46.9 Å². The molecule has 0 radical (unpaired) electrons. The minimum absolute atomic E-state index is 0.00752. The van der Waals surface area contributed by atoms with Crippen molar-refractivity contribution >= 4 is 27.5 Å². The van der Waals surface area contributed by atoms with Crippen molar-refractivity contribution in [3.63, 3.8) is 0 Å². The highest BCUT2D eigenvalue weighted by Gasteiger charge is 2.13. The Morgan fingerprint density at radius 2 is 1.86 bits per heavy atom. The maximum absolute atomic E-state index is 13.8. The molecule has 0 heterocycles. The molecule has 0 aromatic heterocycles. The van der Waals surface area contributed by atoms with Crippen molar-refractivity contribution in [3.05, 3.63) is 58.3 Å². The van der Waals surface area contributed by atoms with E-state index in [4.69, 9.17) is 4.74 Å². The molecular weight excluding hydrogens is 337 g/mol. The number of hydrogen-bond acceptors (Lipinski definition) is 2. The van der Waals surface area contributed by atoms with Crippen LogP contribution in [0.25, 0.3) is 0 Å². The van der Waals surface area contributed by atoms with Crippen molar-refractivity contribution in [1.82, 2.24) is 0 Å². The highest BCUT2D eigenvalue weighted by atomic mass is 79.9. The summed E-state index contributed by atoms with van der Waals surface area (Å²) in [7, 11) is 0. The summed E-state index contributed by atoms with van der Waals surface area (Å²) in [4.78, 5) is 12.0. The fourth-order valence-corrected chi connectivity index (χ4v) is 2.13. The molecule has 2 aromatic rings. The summed E-state index contributed by atoms with van der Waals surface area (Å²) < 4.78 is 19.6. The van der Waals surface area contributed by atoms with Crippen LogP contribution in [-0.2, 0) is 0 Å². The number of halogens is 2. The highest BCUT2D eigenvalue weighted by molar-refractivity contribution is 9.10. The Morgan fingerprint density at radius 1 is 1.19 bits per heavy atom.